The van der Waals surface area contributed by atoms with Crippen LogP contribution < -0.4 is 10.6 Å². The highest BCUT2D eigenvalue weighted by Gasteiger charge is 2.23. The van der Waals surface area contributed by atoms with Gasteiger partial charge in [0.1, 0.15) is 0 Å². The second kappa shape index (κ2) is 6.17. The maximum Gasteiger partial charge on any atom is 0.168 e. The van der Waals surface area contributed by atoms with Gasteiger partial charge in [0.25, 0.3) is 0 Å². The van der Waals surface area contributed by atoms with Gasteiger partial charge in [-0.05, 0) is 18.3 Å². The minimum absolute atomic E-state index is 0.000848. The van der Waals surface area contributed by atoms with E-state index in [4.69, 9.17) is 0 Å². The van der Waals surface area contributed by atoms with Crippen LogP contribution in [0, 0.1) is 23.0 Å². The Labute approximate surface area is 113 Å². The molecular weight excluding hydrogens is 248 g/mol. The van der Waals surface area contributed by atoms with Crippen molar-refractivity contribution in [1.29, 1.82) is 0 Å². The molecule has 1 heterocycles. The van der Waals surface area contributed by atoms with Crippen molar-refractivity contribution < 1.29 is 8.78 Å². The molecule has 3 nitrogen and oxygen atoms in total. The highest BCUT2D eigenvalue weighted by Crippen LogP contribution is 2.27. The Hall–Kier alpha value is -1.39. The average molecular weight is 271 g/mol. The number of halogens is 2. The molecule has 0 saturated carbocycles. The maximum absolute atomic E-state index is 13.7. The van der Waals surface area contributed by atoms with Gasteiger partial charge < -0.3 is 10.6 Å². The zero-order valence-electron chi connectivity index (χ0n) is 12.3. The summed E-state index contributed by atoms with van der Waals surface area (Å²) >= 11 is 0. The molecular formula is C14H23F2N3. The quantitative estimate of drug-likeness (QED) is 0.824. The smallest absolute Gasteiger partial charge is 0.168 e. The summed E-state index contributed by atoms with van der Waals surface area (Å²) in [7, 11) is 0. The van der Waals surface area contributed by atoms with Crippen molar-refractivity contribution in [3.8, 4) is 0 Å². The molecule has 1 aromatic heterocycles. The summed E-state index contributed by atoms with van der Waals surface area (Å²) in [6.07, 6.45) is 0. The predicted octanol–water partition coefficient (Wildman–Crippen LogP) is 3.89. The van der Waals surface area contributed by atoms with Gasteiger partial charge in [-0.3, -0.25) is 0 Å². The third-order valence-electron chi connectivity index (χ3n) is 3.55. The Morgan fingerprint density at radius 3 is 2.16 bits per heavy atom. The fourth-order valence-electron chi connectivity index (χ4n) is 1.40. The maximum atomic E-state index is 13.7. The Morgan fingerprint density at radius 2 is 1.68 bits per heavy atom. The van der Waals surface area contributed by atoms with E-state index in [-0.39, 0.29) is 17.1 Å². The Balaban J connectivity index is 2.86. The molecule has 0 atom stereocenters. The molecule has 0 radical (unpaired) electrons. The molecule has 0 aliphatic carbocycles. The first kappa shape index (κ1) is 15.7. The van der Waals surface area contributed by atoms with Crippen molar-refractivity contribution in [3.05, 3.63) is 17.7 Å². The molecule has 0 spiro atoms. The number of pyridine rings is 1. The van der Waals surface area contributed by atoms with Gasteiger partial charge in [-0.2, -0.15) is 0 Å². The van der Waals surface area contributed by atoms with Crippen LogP contribution in [0.3, 0.4) is 0 Å². The molecule has 0 aromatic carbocycles. The lowest BCUT2D eigenvalue weighted by atomic mass is 9.81. The minimum atomic E-state index is -0.673. The van der Waals surface area contributed by atoms with Gasteiger partial charge in [0.15, 0.2) is 23.3 Å². The summed E-state index contributed by atoms with van der Waals surface area (Å²) in [5.74, 6) is -0.733. The van der Waals surface area contributed by atoms with Gasteiger partial charge >= 0.3 is 0 Å². The SMILES string of the molecule is CCNc1nc(NCC(C)(C)C(C)C)c(F)cc1F. The van der Waals surface area contributed by atoms with Crippen LogP contribution >= 0.6 is 0 Å². The van der Waals surface area contributed by atoms with Crippen LogP contribution in [0.25, 0.3) is 0 Å². The first-order chi connectivity index (χ1) is 8.77. The summed E-state index contributed by atoms with van der Waals surface area (Å²) in [6, 6.07) is 0.857. The molecule has 1 aromatic rings. The van der Waals surface area contributed by atoms with E-state index in [2.05, 4.69) is 43.3 Å². The highest BCUT2D eigenvalue weighted by atomic mass is 19.1. The molecule has 0 unspecified atom stereocenters. The van der Waals surface area contributed by atoms with Crippen LogP contribution in [0.2, 0.25) is 0 Å². The van der Waals surface area contributed by atoms with Crippen molar-refractivity contribution in [1.82, 2.24) is 4.98 Å². The van der Waals surface area contributed by atoms with E-state index in [1.54, 1.807) is 0 Å². The van der Waals surface area contributed by atoms with E-state index in [0.29, 0.717) is 19.0 Å². The van der Waals surface area contributed by atoms with Gasteiger partial charge in [-0.1, -0.05) is 27.7 Å². The summed E-state index contributed by atoms with van der Waals surface area (Å²) in [5.41, 5.74) is 0.000848. The van der Waals surface area contributed by atoms with E-state index in [1.165, 1.54) is 0 Å². The molecule has 5 heteroatoms. The molecule has 0 amide bonds. The third-order valence-corrected chi connectivity index (χ3v) is 3.55. The predicted molar refractivity (Wildman–Crippen MR) is 75.4 cm³/mol. The van der Waals surface area contributed by atoms with Crippen molar-refractivity contribution in [2.24, 2.45) is 11.3 Å². The number of hydrogen-bond donors (Lipinski definition) is 2. The number of anilines is 2. The molecule has 19 heavy (non-hydrogen) atoms. The van der Waals surface area contributed by atoms with Crippen molar-refractivity contribution in [2.45, 2.75) is 34.6 Å². The Bertz CT molecular complexity index is 431. The zero-order chi connectivity index (χ0) is 14.6. The van der Waals surface area contributed by atoms with Gasteiger partial charge in [-0.15, -0.1) is 0 Å². The van der Waals surface area contributed by atoms with E-state index in [9.17, 15) is 8.78 Å². The Morgan fingerprint density at radius 1 is 1.16 bits per heavy atom. The van der Waals surface area contributed by atoms with Gasteiger partial charge in [-0.25, -0.2) is 13.8 Å². The molecule has 0 saturated heterocycles. The number of aromatic nitrogens is 1. The standard InChI is InChI=1S/C14H23F2N3/c1-6-17-12-10(15)7-11(16)13(19-12)18-8-14(4,5)9(2)3/h7,9H,6,8H2,1-5H3,(H2,17,18,19). The highest BCUT2D eigenvalue weighted by molar-refractivity contribution is 5.47. The van der Waals surface area contributed by atoms with E-state index >= 15 is 0 Å². The summed E-state index contributed by atoms with van der Waals surface area (Å²) < 4.78 is 27.1. The Kier molecular flexibility index (Phi) is 5.09. The molecule has 1 rings (SSSR count). The van der Waals surface area contributed by atoms with Gasteiger partial charge in [0.05, 0.1) is 0 Å². The molecule has 2 N–H and O–H groups in total. The lowest BCUT2D eigenvalue weighted by Crippen LogP contribution is -2.29. The number of hydrogen-bond acceptors (Lipinski definition) is 3. The topological polar surface area (TPSA) is 37.0 Å². The first-order valence-corrected chi connectivity index (χ1v) is 6.61. The van der Waals surface area contributed by atoms with Crippen LogP contribution in [-0.2, 0) is 0 Å². The van der Waals surface area contributed by atoms with Crippen LogP contribution in [0.15, 0.2) is 6.07 Å². The normalized spacial score (nSPS) is 11.8. The number of rotatable bonds is 6. The molecule has 0 aliphatic rings. The molecule has 108 valence electrons. The minimum Gasteiger partial charge on any atom is -0.368 e. The van der Waals surface area contributed by atoms with E-state index in [0.717, 1.165) is 6.07 Å². The van der Waals surface area contributed by atoms with Crippen molar-refractivity contribution in [2.75, 3.05) is 23.7 Å². The monoisotopic (exact) mass is 271 g/mol. The molecule has 0 bridgehead atoms. The van der Waals surface area contributed by atoms with E-state index in [1.807, 2.05) is 6.92 Å². The summed E-state index contributed by atoms with van der Waals surface area (Å²) in [6.45, 7) is 11.4. The average Bonchev–Trinajstić information content (AvgIpc) is 2.31. The molecule has 0 fully saturated rings. The van der Waals surface area contributed by atoms with Crippen LogP contribution in [0.4, 0.5) is 20.4 Å². The van der Waals surface area contributed by atoms with E-state index < -0.39 is 11.6 Å². The lowest BCUT2D eigenvalue weighted by Gasteiger charge is -2.29. The fourth-order valence-corrected chi connectivity index (χ4v) is 1.40. The van der Waals surface area contributed by atoms with Crippen LogP contribution in [0.5, 0.6) is 0 Å². The number of nitrogens with zero attached hydrogens (tertiary/aromatic N) is 1. The lowest BCUT2D eigenvalue weighted by molar-refractivity contribution is 0.269. The van der Waals surface area contributed by atoms with Crippen molar-refractivity contribution >= 4 is 11.6 Å². The summed E-state index contributed by atoms with van der Waals surface area (Å²) in [5, 5.41) is 5.74. The van der Waals surface area contributed by atoms with Gasteiger partial charge in [0.2, 0.25) is 0 Å². The van der Waals surface area contributed by atoms with Crippen LogP contribution in [0.1, 0.15) is 34.6 Å². The summed E-state index contributed by atoms with van der Waals surface area (Å²) in [4.78, 5) is 3.95. The second-order valence-electron chi connectivity index (χ2n) is 5.68. The second-order valence-corrected chi connectivity index (χ2v) is 5.68. The first-order valence-electron chi connectivity index (χ1n) is 6.61. The van der Waals surface area contributed by atoms with Crippen LogP contribution in [-0.4, -0.2) is 18.1 Å². The number of nitrogens with one attached hydrogen (secondary N) is 2. The largest absolute Gasteiger partial charge is 0.368 e. The third kappa shape index (κ3) is 4.04. The van der Waals surface area contributed by atoms with Crippen molar-refractivity contribution in [3.63, 3.8) is 0 Å². The fraction of sp³-hybridized carbons (Fsp3) is 0.643. The zero-order valence-corrected chi connectivity index (χ0v) is 12.3. The van der Waals surface area contributed by atoms with Gasteiger partial charge in [0, 0.05) is 19.2 Å². The molecule has 0 aliphatic heterocycles.